The normalized spacial score (nSPS) is 28.3. The third-order valence-corrected chi connectivity index (χ3v) is 2.90. The van der Waals surface area contributed by atoms with Crippen LogP contribution in [0.4, 0.5) is 0 Å². The fraction of sp³-hybridized carbons (Fsp3) is 1.00. The molecule has 1 saturated heterocycles. The zero-order valence-corrected chi connectivity index (χ0v) is 9.88. The van der Waals surface area contributed by atoms with Gasteiger partial charge in [0.05, 0.1) is 6.10 Å². The molecule has 1 heterocycles. The van der Waals surface area contributed by atoms with Crippen LogP contribution in [0.15, 0.2) is 0 Å². The van der Waals surface area contributed by atoms with Crippen LogP contribution in [0, 0.1) is 5.92 Å². The quantitative estimate of drug-likeness (QED) is 0.735. The lowest BCUT2D eigenvalue weighted by Gasteiger charge is -2.30. The molecule has 0 aromatic heterocycles. The van der Waals surface area contributed by atoms with Crippen molar-refractivity contribution in [1.29, 1.82) is 0 Å². The Bertz CT molecular complexity index is 145. The topological polar surface area (TPSA) is 21.3 Å². The highest BCUT2D eigenvalue weighted by Gasteiger charge is 2.21. The maximum Gasteiger partial charge on any atom is 0.0578 e. The lowest BCUT2D eigenvalue weighted by Crippen LogP contribution is -2.35. The molecule has 2 heteroatoms. The van der Waals surface area contributed by atoms with Crippen molar-refractivity contribution in [2.75, 3.05) is 13.2 Å². The van der Waals surface area contributed by atoms with Gasteiger partial charge in [0.1, 0.15) is 0 Å². The summed E-state index contributed by atoms with van der Waals surface area (Å²) in [6.07, 6.45) is 5.51. The molecule has 0 radical (unpaired) electrons. The lowest BCUT2D eigenvalue weighted by molar-refractivity contribution is -0.0133. The largest absolute Gasteiger partial charge is 0.378 e. The van der Waals surface area contributed by atoms with Crippen LogP contribution in [-0.4, -0.2) is 25.3 Å². The van der Waals surface area contributed by atoms with Crippen LogP contribution in [0.3, 0.4) is 0 Å². The number of hydrogen-bond acceptors (Lipinski definition) is 2. The summed E-state index contributed by atoms with van der Waals surface area (Å²) in [6, 6.07) is 0.613. The van der Waals surface area contributed by atoms with Crippen LogP contribution < -0.4 is 5.32 Å². The first-order valence-electron chi connectivity index (χ1n) is 6.07. The fourth-order valence-corrected chi connectivity index (χ4v) is 2.07. The standard InChI is InChI=1S/C12H25NO/c1-4-5-12-8-11(6-7-14-12)9-13-10(2)3/h10-13H,4-9H2,1-3H3. The highest BCUT2D eigenvalue weighted by molar-refractivity contribution is 4.73. The molecule has 2 unspecified atom stereocenters. The zero-order valence-electron chi connectivity index (χ0n) is 9.88. The molecule has 0 bridgehead atoms. The monoisotopic (exact) mass is 199 g/mol. The van der Waals surface area contributed by atoms with E-state index in [1.807, 2.05) is 0 Å². The zero-order chi connectivity index (χ0) is 10.4. The Morgan fingerprint density at radius 3 is 2.86 bits per heavy atom. The molecule has 0 amide bonds. The molecule has 0 aromatic rings. The average Bonchev–Trinajstić information content (AvgIpc) is 2.16. The van der Waals surface area contributed by atoms with Crippen LogP contribution in [0.25, 0.3) is 0 Å². The van der Waals surface area contributed by atoms with Crippen molar-refractivity contribution in [2.45, 2.75) is 58.6 Å². The molecule has 0 aliphatic carbocycles. The van der Waals surface area contributed by atoms with Gasteiger partial charge in [-0.2, -0.15) is 0 Å². The van der Waals surface area contributed by atoms with E-state index in [1.54, 1.807) is 0 Å². The van der Waals surface area contributed by atoms with Crippen molar-refractivity contribution in [1.82, 2.24) is 5.32 Å². The van der Waals surface area contributed by atoms with Gasteiger partial charge >= 0.3 is 0 Å². The lowest BCUT2D eigenvalue weighted by atomic mass is 9.93. The second-order valence-electron chi connectivity index (χ2n) is 4.73. The second kappa shape index (κ2) is 6.41. The highest BCUT2D eigenvalue weighted by Crippen LogP contribution is 2.22. The van der Waals surface area contributed by atoms with Crippen molar-refractivity contribution >= 4 is 0 Å². The molecule has 1 fully saturated rings. The van der Waals surface area contributed by atoms with E-state index in [2.05, 4.69) is 26.1 Å². The maximum atomic E-state index is 5.73. The van der Waals surface area contributed by atoms with E-state index in [-0.39, 0.29) is 0 Å². The Kier molecular flexibility index (Phi) is 5.49. The molecule has 1 N–H and O–H groups in total. The van der Waals surface area contributed by atoms with E-state index >= 15 is 0 Å². The third-order valence-electron chi connectivity index (χ3n) is 2.90. The van der Waals surface area contributed by atoms with Crippen molar-refractivity contribution in [3.05, 3.63) is 0 Å². The number of hydrogen-bond donors (Lipinski definition) is 1. The Morgan fingerprint density at radius 2 is 2.21 bits per heavy atom. The summed E-state index contributed by atoms with van der Waals surface area (Å²) in [4.78, 5) is 0. The molecule has 1 aliphatic rings. The molecule has 0 spiro atoms. The van der Waals surface area contributed by atoms with Gasteiger partial charge in [-0.05, 0) is 31.7 Å². The van der Waals surface area contributed by atoms with E-state index in [0.29, 0.717) is 12.1 Å². The summed E-state index contributed by atoms with van der Waals surface area (Å²) >= 11 is 0. The summed E-state index contributed by atoms with van der Waals surface area (Å²) in [5.74, 6) is 0.836. The summed E-state index contributed by atoms with van der Waals surface area (Å²) in [5, 5.41) is 3.52. The second-order valence-corrected chi connectivity index (χ2v) is 4.73. The van der Waals surface area contributed by atoms with E-state index in [9.17, 15) is 0 Å². The minimum Gasteiger partial charge on any atom is -0.378 e. The van der Waals surface area contributed by atoms with Crippen molar-refractivity contribution < 1.29 is 4.74 Å². The molecule has 14 heavy (non-hydrogen) atoms. The molecule has 2 nitrogen and oxygen atoms in total. The first-order chi connectivity index (χ1) is 6.72. The van der Waals surface area contributed by atoms with Crippen LogP contribution in [0.5, 0.6) is 0 Å². The van der Waals surface area contributed by atoms with Crippen LogP contribution in [0.2, 0.25) is 0 Å². The van der Waals surface area contributed by atoms with Gasteiger partial charge in [0.15, 0.2) is 0 Å². The predicted octanol–water partition coefficient (Wildman–Crippen LogP) is 2.58. The smallest absolute Gasteiger partial charge is 0.0578 e. The molecular formula is C12H25NO. The van der Waals surface area contributed by atoms with E-state index in [4.69, 9.17) is 4.74 Å². The van der Waals surface area contributed by atoms with E-state index in [1.165, 1.54) is 32.2 Å². The Labute approximate surface area is 88.4 Å². The summed E-state index contributed by atoms with van der Waals surface area (Å²) in [6.45, 7) is 8.79. The van der Waals surface area contributed by atoms with Crippen molar-refractivity contribution in [3.8, 4) is 0 Å². The van der Waals surface area contributed by atoms with Crippen LogP contribution in [-0.2, 0) is 4.74 Å². The first kappa shape index (κ1) is 12.0. The Morgan fingerprint density at radius 1 is 1.43 bits per heavy atom. The van der Waals surface area contributed by atoms with Gasteiger partial charge in [-0.1, -0.05) is 27.2 Å². The van der Waals surface area contributed by atoms with Crippen molar-refractivity contribution in [2.24, 2.45) is 5.92 Å². The van der Waals surface area contributed by atoms with Crippen molar-refractivity contribution in [3.63, 3.8) is 0 Å². The first-order valence-corrected chi connectivity index (χ1v) is 6.07. The van der Waals surface area contributed by atoms with Gasteiger partial charge in [0.25, 0.3) is 0 Å². The van der Waals surface area contributed by atoms with Crippen LogP contribution in [0.1, 0.15) is 46.5 Å². The SMILES string of the molecule is CCCC1CC(CNC(C)C)CCO1. The minimum atomic E-state index is 0.535. The molecule has 2 atom stereocenters. The Hall–Kier alpha value is -0.0800. The predicted molar refractivity (Wildman–Crippen MR) is 60.5 cm³/mol. The van der Waals surface area contributed by atoms with Gasteiger partial charge in [-0.25, -0.2) is 0 Å². The maximum absolute atomic E-state index is 5.73. The summed E-state index contributed by atoms with van der Waals surface area (Å²) in [5.41, 5.74) is 0. The van der Waals surface area contributed by atoms with Gasteiger partial charge in [0, 0.05) is 12.6 Å². The molecule has 1 aliphatic heterocycles. The average molecular weight is 199 g/mol. The molecule has 84 valence electrons. The molecule has 0 aromatic carbocycles. The fourth-order valence-electron chi connectivity index (χ4n) is 2.07. The highest BCUT2D eigenvalue weighted by atomic mass is 16.5. The van der Waals surface area contributed by atoms with Gasteiger partial charge in [-0.15, -0.1) is 0 Å². The van der Waals surface area contributed by atoms with Gasteiger partial charge in [-0.3, -0.25) is 0 Å². The molecule has 1 rings (SSSR count). The number of ether oxygens (including phenoxy) is 1. The number of rotatable bonds is 5. The summed E-state index contributed by atoms with van der Waals surface area (Å²) < 4.78 is 5.73. The minimum absolute atomic E-state index is 0.535. The third kappa shape index (κ3) is 4.43. The van der Waals surface area contributed by atoms with Gasteiger partial charge in [0.2, 0.25) is 0 Å². The molecular weight excluding hydrogens is 174 g/mol. The number of nitrogens with one attached hydrogen (secondary N) is 1. The Balaban J connectivity index is 2.18. The van der Waals surface area contributed by atoms with Crippen LogP contribution >= 0.6 is 0 Å². The van der Waals surface area contributed by atoms with E-state index < -0.39 is 0 Å². The van der Waals surface area contributed by atoms with E-state index in [0.717, 1.165) is 12.5 Å². The molecule has 0 saturated carbocycles. The van der Waals surface area contributed by atoms with Gasteiger partial charge < -0.3 is 10.1 Å². The summed E-state index contributed by atoms with van der Waals surface area (Å²) in [7, 11) is 0.